The van der Waals surface area contributed by atoms with E-state index in [9.17, 15) is 13.2 Å². The molecular weight excluding hydrogens is 773 g/mol. The van der Waals surface area contributed by atoms with Gasteiger partial charge >= 0.3 is 34.6 Å². The fraction of sp³-hybridized carbons (Fsp3) is 0.327. The minimum absolute atomic E-state index is 0.124. The van der Waals surface area contributed by atoms with Crippen LogP contribution in [0.25, 0.3) is 32.3 Å². The third kappa shape index (κ3) is 12.8. The molecule has 0 aliphatic heterocycles. The molecule has 0 heterocycles. The number of halogens is 3. The summed E-state index contributed by atoms with van der Waals surface area (Å²) in [6, 6.07) is 46.7. The second-order valence-electron chi connectivity index (χ2n) is 18.1. The van der Waals surface area contributed by atoms with Gasteiger partial charge in [-0.15, -0.1) is 86.9 Å². The summed E-state index contributed by atoms with van der Waals surface area (Å²) in [5.74, 6) is 0. The fourth-order valence-corrected chi connectivity index (χ4v) is 6.54. The first-order valence-electron chi connectivity index (χ1n) is 19.1. The largest absolute Gasteiger partial charge is 0.214 e. The molecule has 0 nitrogen and oxygen atoms in total. The molecule has 0 aliphatic rings. The summed E-state index contributed by atoms with van der Waals surface area (Å²) in [5.41, 5.74) is 5.75. The fourth-order valence-electron chi connectivity index (χ4n) is 6.54. The molecular formula is C52H59F3Zr-4. The molecule has 4 heteroatoms. The van der Waals surface area contributed by atoms with Crippen molar-refractivity contribution in [3.05, 3.63) is 167 Å². The molecule has 0 N–H and O–H groups in total. The molecule has 0 aromatic heterocycles. The number of hydrogen-bond acceptors (Lipinski definition) is 0. The Kier molecular flexibility index (Phi) is 15.8. The monoisotopic (exact) mass is 830 g/mol. The van der Waals surface area contributed by atoms with E-state index in [1.54, 1.807) is 0 Å². The number of benzene rings is 5. The molecule has 56 heavy (non-hydrogen) atoms. The molecule has 7 rings (SSSR count). The predicted octanol–water partition coefficient (Wildman–Crippen LogP) is 15.4. The van der Waals surface area contributed by atoms with Crippen molar-refractivity contribution >= 4 is 36.5 Å². The van der Waals surface area contributed by atoms with Crippen molar-refractivity contribution in [1.29, 1.82) is 0 Å². The Morgan fingerprint density at radius 1 is 0.536 bits per heavy atom. The van der Waals surface area contributed by atoms with Crippen LogP contribution in [0.2, 0.25) is 0 Å². The maximum atomic E-state index is 11.8. The standard InChI is InChI=1S/C29H41.C10H7.C7H4F3.C5H5.CH2.Zr/c1-26(2,3)22-14-18-13-19-15-23(27(4,5)6)25(29(10,11)12)17-21(19)20(18)16-24(22)28(7,8)9;1-2-6-10-8-4-3-7-9(10)5-1;8-7(9,10)6-4-2-1-3-5-6;1-2-4-5-3-1;;/h13-17H,1-12H3;1-7H;1-2,4-5H;1-5H;1H2;/q4*-1;;. The average molecular weight is 832 g/mol. The summed E-state index contributed by atoms with van der Waals surface area (Å²) in [6.07, 6.45) is -4.24. The smallest absolute Gasteiger partial charge is 0.0801 e. The van der Waals surface area contributed by atoms with Gasteiger partial charge in [0.2, 0.25) is 0 Å². The zero-order valence-electron chi connectivity index (χ0n) is 35.5. The third-order valence-electron chi connectivity index (χ3n) is 9.37. The van der Waals surface area contributed by atoms with Crippen molar-refractivity contribution in [1.82, 2.24) is 0 Å². The Morgan fingerprint density at radius 2 is 0.964 bits per heavy atom. The Bertz CT molecular complexity index is 2070. The van der Waals surface area contributed by atoms with E-state index < -0.39 is 11.7 Å². The van der Waals surface area contributed by atoms with E-state index in [1.807, 2.05) is 54.6 Å². The zero-order valence-corrected chi connectivity index (χ0v) is 37.9. The molecule has 0 amide bonds. The van der Waals surface area contributed by atoms with E-state index in [-0.39, 0.29) is 21.7 Å². The van der Waals surface area contributed by atoms with Crippen LogP contribution in [0.4, 0.5) is 13.2 Å². The molecule has 0 saturated heterocycles. The summed E-state index contributed by atoms with van der Waals surface area (Å²) in [4.78, 5) is 0. The number of hydrogen-bond donors (Lipinski definition) is 0. The van der Waals surface area contributed by atoms with Crippen LogP contribution in [0.1, 0.15) is 111 Å². The second-order valence-corrected chi connectivity index (χ2v) is 18.1. The van der Waals surface area contributed by atoms with Gasteiger partial charge in [0.1, 0.15) is 0 Å². The van der Waals surface area contributed by atoms with E-state index in [1.165, 1.54) is 90.9 Å². The molecule has 7 aromatic carbocycles. The van der Waals surface area contributed by atoms with E-state index in [2.05, 4.69) is 148 Å². The van der Waals surface area contributed by atoms with E-state index >= 15 is 0 Å². The number of rotatable bonds is 0. The topological polar surface area (TPSA) is 0 Å². The normalized spacial score (nSPS) is 12.0. The molecule has 0 aliphatic carbocycles. The predicted molar refractivity (Wildman–Crippen MR) is 234 cm³/mol. The summed E-state index contributed by atoms with van der Waals surface area (Å²) in [7, 11) is 0. The molecule has 0 saturated carbocycles. The molecule has 0 fully saturated rings. The molecule has 0 unspecified atom stereocenters. The Labute approximate surface area is 350 Å². The van der Waals surface area contributed by atoms with Crippen LogP contribution >= 0.6 is 0 Å². The van der Waals surface area contributed by atoms with Crippen LogP contribution in [-0.2, 0) is 52.1 Å². The van der Waals surface area contributed by atoms with Crippen LogP contribution < -0.4 is 0 Å². The van der Waals surface area contributed by atoms with Crippen molar-refractivity contribution in [2.24, 2.45) is 0 Å². The first-order chi connectivity index (χ1) is 26.0. The Morgan fingerprint density at radius 3 is 1.32 bits per heavy atom. The van der Waals surface area contributed by atoms with Crippen molar-refractivity contribution < 1.29 is 37.4 Å². The van der Waals surface area contributed by atoms with Gasteiger partial charge in [-0.2, -0.15) is 61.7 Å². The van der Waals surface area contributed by atoms with Gasteiger partial charge in [-0.3, -0.25) is 0 Å². The molecule has 7 aromatic rings. The average Bonchev–Trinajstić information content (AvgIpc) is 3.83. The minimum atomic E-state index is -4.24. The van der Waals surface area contributed by atoms with Crippen molar-refractivity contribution in [2.75, 3.05) is 0 Å². The first kappa shape index (κ1) is 46.5. The zero-order chi connectivity index (χ0) is 42.1. The SMILES string of the molecule is CC(C)(C)c1cc2[cH-]c3cc(C(C)(C)C)c(C(C)(C)C)cc3c2cc1C(C)(C)C.FC(F)(F)c1c[c-]ccc1.[CH2]=[Zr].[c-]1cccc2ccccc12.c1cc[cH-]c1. The van der Waals surface area contributed by atoms with Crippen LogP contribution in [0.3, 0.4) is 0 Å². The molecule has 0 spiro atoms. The van der Waals surface area contributed by atoms with Gasteiger partial charge in [0, 0.05) is 0 Å². The van der Waals surface area contributed by atoms with Gasteiger partial charge in [0.05, 0.1) is 0 Å². The minimum Gasteiger partial charge on any atom is -0.214 e. The Hall–Kier alpha value is -3.88. The molecule has 0 bridgehead atoms. The quantitative estimate of drug-likeness (QED) is 0.134. The first-order valence-corrected chi connectivity index (χ1v) is 20.9. The van der Waals surface area contributed by atoms with Gasteiger partial charge in [-0.05, 0) is 21.7 Å². The van der Waals surface area contributed by atoms with Gasteiger partial charge in [-0.25, -0.2) is 12.1 Å². The van der Waals surface area contributed by atoms with Gasteiger partial charge in [0.15, 0.2) is 0 Å². The summed E-state index contributed by atoms with van der Waals surface area (Å²) in [5, 5.41) is 8.01. The third-order valence-corrected chi connectivity index (χ3v) is 9.37. The molecule has 296 valence electrons. The summed E-state index contributed by atoms with van der Waals surface area (Å²) in [6.45, 7) is 28.0. The Balaban J connectivity index is 0.000000250. The van der Waals surface area contributed by atoms with Crippen molar-refractivity contribution in [2.45, 2.75) is 111 Å². The second kappa shape index (κ2) is 19.0. The van der Waals surface area contributed by atoms with E-state index in [0.717, 1.165) is 12.1 Å². The summed E-state index contributed by atoms with van der Waals surface area (Å²) >= 11 is 1.30. The number of fused-ring (bicyclic) bond motifs is 4. The number of alkyl halides is 3. The summed E-state index contributed by atoms with van der Waals surface area (Å²) < 4.78 is 38.6. The maximum absolute atomic E-state index is 11.8. The van der Waals surface area contributed by atoms with E-state index in [4.69, 9.17) is 0 Å². The van der Waals surface area contributed by atoms with Gasteiger partial charge in [0.25, 0.3) is 0 Å². The van der Waals surface area contributed by atoms with Crippen LogP contribution in [0, 0.1) is 12.1 Å². The van der Waals surface area contributed by atoms with Crippen LogP contribution in [0.15, 0.2) is 127 Å². The molecule has 0 radical (unpaired) electrons. The molecule has 0 atom stereocenters. The van der Waals surface area contributed by atoms with Gasteiger partial charge < -0.3 is 0 Å². The van der Waals surface area contributed by atoms with Crippen molar-refractivity contribution in [3.8, 4) is 0 Å². The maximum Gasteiger partial charge on any atom is -0.0801 e. The van der Waals surface area contributed by atoms with Crippen molar-refractivity contribution in [3.63, 3.8) is 0 Å². The van der Waals surface area contributed by atoms with Crippen LogP contribution in [0.5, 0.6) is 0 Å². The van der Waals surface area contributed by atoms with Gasteiger partial charge in [-0.1, -0.05) is 135 Å². The van der Waals surface area contributed by atoms with Crippen LogP contribution in [-0.4, -0.2) is 4.21 Å². The van der Waals surface area contributed by atoms with E-state index in [0.29, 0.717) is 0 Å².